The SMILES string of the molecule is CC(C)(C)N1Cc2cn(C3CCCCC3)nc2C1.Cn1cc2c(n1)CN(C(C)(C)C)C2. The lowest BCUT2D eigenvalue weighted by atomic mass is 9.96. The third-order valence-electron chi connectivity index (χ3n) is 7.14. The Morgan fingerprint density at radius 3 is 1.71 bits per heavy atom. The fourth-order valence-electron chi connectivity index (χ4n) is 4.95. The second kappa shape index (κ2) is 8.36. The predicted octanol–water partition coefficient (Wildman–Crippen LogP) is 5.04. The highest BCUT2D eigenvalue weighted by Gasteiger charge is 2.31. The maximum atomic E-state index is 4.85. The van der Waals surface area contributed by atoms with E-state index in [1.165, 1.54) is 54.6 Å². The van der Waals surface area contributed by atoms with E-state index in [4.69, 9.17) is 5.10 Å². The van der Waals surface area contributed by atoms with Crippen molar-refractivity contribution in [2.45, 2.75) is 117 Å². The first-order valence-corrected chi connectivity index (χ1v) is 12.1. The summed E-state index contributed by atoms with van der Waals surface area (Å²) < 4.78 is 4.18. The molecule has 4 heterocycles. The van der Waals surface area contributed by atoms with Gasteiger partial charge in [0.2, 0.25) is 0 Å². The van der Waals surface area contributed by atoms with Crippen LogP contribution in [0.1, 0.15) is 102 Å². The summed E-state index contributed by atoms with van der Waals surface area (Å²) in [5.74, 6) is 0. The van der Waals surface area contributed by atoms with Crippen LogP contribution >= 0.6 is 0 Å². The van der Waals surface area contributed by atoms with Gasteiger partial charge in [0.25, 0.3) is 0 Å². The van der Waals surface area contributed by atoms with Crippen molar-refractivity contribution in [2.75, 3.05) is 0 Å². The van der Waals surface area contributed by atoms with Gasteiger partial charge in [-0.3, -0.25) is 19.2 Å². The smallest absolute Gasteiger partial charge is 0.0810 e. The lowest BCUT2D eigenvalue weighted by molar-refractivity contribution is 0.133. The van der Waals surface area contributed by atoms with Gasteiger partial charge in [-0.2, -0.15) is 10.2 Å². The fourth-order valence-corrected chi connectivity index (χ4v) is 4.95. The molecule has 6 heteroatoms. The Balaban J connectivity index is 0.000000158. The van der Waals surface area contributed by atoms with E-state index >= 15 is 0 Å². The summed E-state index contributed by atoms with van der Waals surface area (Å²) >= 11 is 0. The average molecular weight is 427 g/mol. The number of aromatic nitrogens is 4. The van der Waals surface area contributed by atoms with Gasteiger partial charge in [0, 0.05) is 67.8 Å². The Morgan fingerprint density at radius 1 is 0.710 bits per heavy atom. The zero-order chi connectivity index (χ0) is 22.4. The fraction of sp³-hybridized carbons (Fsp3) is 0.760. The Kier molecular flexibility index (Phi) is 6.08. The van der Waals surface area contributed by atoms with Gasteiger partial charge in [-0.1, -0.05) is 19.3 Å². The molecule has 1 saturated carbocycles. The molecule has 0 saturated heterocycles. The monoisotopic (exact) mass is 426 g/mol. The zero-order valence-electron chi connectivity index (χ0n) is 20.8. The number of rotatable bonds is 1. The van der Waals surface area contributed by atoms with Crippen molar-refractivity contribution in [3.05, 3.63) is 34.9 Å². The van der Waals surface area contributed by atoms with Crippen molar-refractivity contribution in [1.82, 2.24) is 29.4 Å². The molecule has 0 bridgehead atoms. The van der Waals surface area contributed by atoms with Crippen LogP contribution in [0, 0.1) is 0 Å². The van der Waals surface area contributed by atoms with Crippen LogP contribution in [0.4, 0.5) is 0 Å². The largest absolute Gasteiger partial charge is 0.288 e. The predicted molar refractivity (Wildman–Crippen MR) is 126 cm³/mol. The van der Waals surface area contributed by atoms with Gasteiger partial charge in [-0.15, -0.1) is 0 Å². The Labute approximate surface area is 188 Å². The normalized spacial score (nSPS) is 20.5. The van der Waals surface area contributed by atoms with Gasteiger partial charge < -0.3 is 0 Å². The van der Waals surface area contributed by atoms with Gasteiger partial charge in [-0.25, -0.2) is 0 Å². The summed E-state index contributed by atoms with van der Waals surface area (Å²) in [6.07, 6.45) is 11.3. The van der Waals surface area contributed by atoms with E-state index in [0.717, 1.165) is 26.2 Å². The first-order valence-electron chi connectivity index (χ1n) is 12.1. The molecule has 0 N–H and O–H groups in total. The lowest BCUT2D eigenvalue weighted by Gasteiger charge is -2.31. The molecule has 0 atom stereocenters. The zero-order valence-corrected chi connectivity index (χ0v) is 20.8. The van der Waals surface area contributed by atoms with E-state index in [1.54, 1.807) is 0 Å². The summed E-state index contributed by atoms with van der Waals surface area (Å²) in [5, 5.41) is 9.28. The van der Waals surface area contributed by atoms with E-state index in [0.29, 0.717) is 6.04 Å². The molecule has 0 unspecified atom stereocenters. The molecule has 3 aliphatic rings. The van der Waals surface area contributed by atoms with E-state index in [2.05, 4.69) is 73.5 Å². The van der Waals surface area contributed by atoms with Gasteiger partial charge in [0.05, 0.1) is 17.4 Å². The molecular weight excluding hydrogens is 384 g/mol. The summed E-state index contributed by atoms with van der Waals surface area (Å²) in [6.45, 7) is 17.8. The number of nitrogens with zero attached hydrogens (tertiary/aromatic N) is 6. The van der Waals surface area contributed by atoms with Crippen LogP contribution in [0.15, 0.2) is 12.4 Å². The number of hydrogen-bond acceptors (Lipinski definition) is 4. The van der Waals surface area contributed by atoms with E-state index < -0.39 is 0 Å². The molecule has 1 aliphatic carbocycles. The quantitative estimate of drug-likeness (QED) is 0.641. The van der Waals surface area contributed by atoms with Crippen LogP contribution < -0.4 is 0 Å². The molecular formula is C25H42N6. The van der Waals surface area contributed by atoms with Crippen molar-refractivity contribution in [1.29, 1.82) is 0 Å². The third kappa shape index (κ3) is 5.06. The van der Waals surface area contributed by atoms with Crippen LogP contribution in [-0.4, -0.2) is 40.4 Å². The molecule has 0 radical (unpaired) electrons. The van der Waals surface area contributed by atoms with Gasteiger partial charge in [-0.05, 0) is 54.4 Å². The molecule has 0 spiro atoms. The molecule has 31 heavy (non-hydrogen) atoms. The molecule has 172 valence electrons. The van der Waals surface area contributed by atoms with E-state index in [9.17, 15) is 0 Å². The van der Waals surface area contributed by atoms with Crippen molar-refractivity contribution < 1.29 is 0 Å². The Hall–Kier alpha value is -1.66. The minimum absolute atomic E-state index is 0.253. The van der Waals surface area contributed by atoms with Crippen LogP contribution in [0.5, 0.6) is 0 Å². The minimum atomic E-state index is 0.253. The molecule has 5 rings (SSSR count). The van der Waals surface area contributed by atoms with Crippen LogP contribution in [0.3, 0.4) is 0 Å². The van der Waals surface area contributed by atoms with Crippen molar-refractivity contribution in [3.8, 4) is 0 Å². The highest BCUT2D eigenvalue weighted by molar-refractivity contribution is 5.23. The highest BCUT2D eigenvalue weighted by atomic mass is 15.3. The maximum Gasteiger partial charge on any atom is 0.0810 e. The molecule has 0 aromatic carbocycles. The number of fused-ring (bicyclic) bond motifs is 2. The van der Waals surface area contributed by atoms with Gasteiger partial charge in [0.15, 0.2) is 0 Å². The number of hydrogen-bond donors (Lipinski definition) is 0. The second-order valence-corrected chi connectivity index (χ2v) is 11.7. The molecule has 1 fully saturated rings. The van der Waals surface area contributed by atoms with Crippen LogP contribution in [0.2, 0.25) is 0 Å². The molecule has 6 nitrogen and oxygen atoms in total. The van der Waals surface area contributed by atoms with Gasteiger partial charge >= 0.3 is 0 Å². The molecule has 2 aliphatic heterocycles. The molecule has 0 amide bonds. The van der Waals surface area contributed by atoms with E-state index in [-0.39, 0.29) is 11.1 Å². The van der Waals surface area contributed by atoms with Crippen molar-refractivity contribution in [2.24, 2.45) is 7.05 Å². The number of aryl methyl sites for hydroxylation is 1. The van der Waals surface area contributed by atoms with E-state index in [1.807, 2.05) is 11.7 Å². The summed E-state index contributed by atoms with van der Waals surface area (Å²) in [5.41, 5.74) is 5.91. The topological polar surface area (TPSA) is 42.1 Å². The van der Waals surface area contributed by atoms with Crippen molar-refractivity contribution >= 4 is 0 Å². The summed E-state index contributed by atoms with van der Waals surface area (Å²) in [7, 11) is 1.99. The lowest BCUT2D eigenvalue weighted by Crippen LogP contribution is -2.37. The Bertz CT molecular complexity index is 841. The first-order chi connectivity index (χ1) is 14.5. The molecule has 2 aromatic heterocycles. The minimum Gasteiger partial charge on any atom is -0.288 e. The summed E-state index contributed by atoms with van der Waals surface area (Å²) in [4.78, 5) is 4.96. The maximum absolute atomic E-state index is 4.85. The van der Waals surface area contributed by atoms with Gasteiger partial charge in [0.1, 0.15) is 0 Å². The summed E-state index contributed by atoms with van der Waals surface area (Å²) in [6, 6.07) is 0.674. The average Bonchev–Trinajstić information content (AvgIpc) is 3.39. The second-order valence-electron chi connectivity index (χ2n) is 11.7. The highest BCUT2D eigenvalue weighted by Crippen LogP contribution is 2.32. The standard InChI is InChI=1S/C15H25N3.C10H17N3/c1-15(2,3)17-9-12-10-18(16-14(12)11-17)13-7-5-4-6-8-13;1-10(2,3)13-6-8-5-12(4)11-9(8)7-13/h10,13H,4-9,11H2,1-3H3;5H,6-7H2,1-4H3. The first kappa shape index (κ1) is 22.5. The third-order valence-corrected chi connectivity index (χ3v) is 7.14. The van der Waals surface area contributed by atoms with Crippen LogP contribution in [0.25, 0.3) is 0 Å². The Morgan fingerprint density at radius 2 is 1.23 bits per heavy atom. The molecule has 2 aromatic rings. The van der Waals surface area contributed by atoms with Crippen molar-refractivity contribution in [3.63, 3.8) is 0 Å². The van der Waals surface area contributed by atoms with Crippen LogP contribution in [-0.2, 0) is 33.2 Å².